The zero-order valence-electron chi connectivity index (χ0n) is 11.6. The van der Waals surface area contributed by atoms with Gasteiger partial charge in [0.05, 0.1) is 11.3 Å². The van der Waals surface area contributed by atoms with E-state index in [1.807, 2.05) is 6.92 Å². The Kier molecular flexibility index (Phi) is 3.99. The largest absolute Gasteiger partial charge is 0.477 e. The van der Waals surface area contributed by atoms with Crippen LogP contribution in [-0.2, 0) is 4.74 Å². The van der Waals surface area contributed by atoms with E-state index >= 15 is 0 Å². The third kappa shape index (κ3) is 3.30. The number of carboxylic acid groups (broad SMARTS) is 1. The molecule has 0 aliphatic carbocycles. The van der Waals surface area contributed by atoms with Gasteiger partial charge in [-0.15, -0.1) is 0 Å². The summed E-state index contributed by atoms with van der Waals surface area (Å²) in [5.41, 5.74) is 0.566. The van der Waals surface area contributed by atoms with Crippen LogP contribution in [0.1, 0.15) is 35.9 Å². The number of aromatic nitrogens is 1. The first kappa shape index (κ1) is 14.4. The SMILES string of the molecule is Cc1cc(NC(=O)NCC2(C)CCCO2)c(C(=O)O)[nH]1. The van der Waals surface area contributed by atoms with Crippen molar-refractivity contribution in [2.75, 3.05) is 18.5 Å². The second kappa shape index (κ2) is 5.54. The van der Waals surface area contributed by atoms with Gasteiger partial charge < -0.3 is 25.5 Å². The summed E-state index contributed by atoms with van der Waals surface area (Å²) < 4.78 is 5.56. The maximum atomic E-state index is 11.8. The number of H-pyrrole nitrogens is 1. The zero-order valence-corrected chi connectivity index (χ0v) is 11.6. The summed E-state index contributed by atoms with van der Waals surface area (Å²) in [7, 11) is 0. The normalized spacial score (nSPS) is 21.7. The number of carbonyl (C=O) groups is 2. The monoisotopic (exact) mass is 281 g/mol. The molecule has 1 aliphatic rings. The van der Waals surface area contributed by atoms with Gasteiger partial charge in [0.25, 0.3) is 0 Å². The first-order valence-corrected chi connectivity index (χ1v) is 6.51. The van der Waals surface area contributed by atoms with Crippen LogP contribution in [0, 0.1) is 6.92 Å². The van der Waals surface area contributed by atoms with Gasteiger partial charge in [-0.05, 0) is 32.8 Å². The molecule has 1 unspecified atom stereocenters. The van der Waals surface area contributed by atoms with Crippen LogP contribution in [0.25, 0.3) is 0 Å². The van der Waals surface area contributed by atoms with E-state index in [9.17, 15) is 9.59 Å². The van der Waals surface area contributed by atoms with Crippen LogP contribution in [0.15, 0.2) is 6.07 Å². The van der Waals surface area contributed by atoms with Crippen molar-refractivity contribution in [2.24, 2.45) is 0 Å². The Morgan fingerprint density at radius 1 is 1.55 bits per heavy atom. The smallest absolute Gasteiger partial charge is 0.354 e. The molecule has 1 atom stereocenters. The van der Waals surface area contributed by atoms with E-state index in [4.69, 9.17) is 9.84 Å². The van der Waals surface area contributed by atoms with Crippen LogP contribution < -0.4 is 10.6 Å². The predicted molar refractivity (Wildman–Crippen MR) is 73.1 cm³/mol. The standard InChI is InChI=1S/C13H19N3O4/c1-8-6-9(10(15-8)11(17)18)16-12(19)14-7-13(2)4-3-5-20-13/h6,15H,3-5,7H2,1-2H3,(H,17,18)(H2,14,16,19). The lowest BCUT2D eigenvalue weighted by Crippen LogP contribution is -2.42. The van der Waals surface area contributed by atoms with Crippen LogP contribution in [-0.4, -0.2) is 40.8 Å². The number of carbonyl (C=O) groups excluding carboxylic acids is 1. The van der Waals surface area contributed by atoms with E-state index in [0.29, 0.717) is 18.8 Å². The number of hydrogen-bond acceptors (Lipinski definition) is 3. The topological polar surface area (TPSA) is 103 Å². The van der Waals surface area contributed by atoms with Crippen LogP contribution >= 0.6 is 0 Å². The lowest BCUT2D eigenvalue weighted by molar-refractivity contribution is 0.0232. The van der Waals surface area contributed by atoms with Crippen LogP contribution in [0.3, 0.4) is 0 Å². The fourth-order valence-electron chi connectivity index (χ4n) is 2.27. The number of nitrogens with one attached hydrogen (secondary N) is 3. The highest BCUT2D eigenvalue weighted by Gasteiger charge is 2.30. The maximum absolute atomic E-state index is 11.8. The molecule has 1 fully saturated rings. The quantitative estimate of drug-likeness (QED) is 0.674. The highest BCUT2D eigenvalue weighted by molar-refractivity contribution is 5.99. The number of carboxylic acids is 1. The van der Waals surface area contributed by atoms with Crippen LogP contribution in [0.2, 0.25) is 0 Å². The second-order valence-corrected chi connectivity index (χ2v) is 5.26. The number of aromatic amines is 1. The van der Waals surface area contributed by atoms with Gasteiger partial charge in [0.15, 0.2) is 0 Å². The number of anilines is 1. The molecule has 0 radical (unpaired) electrons. The first-order chi connectivity index (χ1) is 9.39. The Bertz CT molecular complexity index is 518. The molecule has 20 heavy (non-hydrogen) atoms. The number of ether oxygens (including phenoxy) is 1. The Morgan fingerprint density at radius 3 is 2.90 bits per heavy atom. The third-order valence-electron chi connectivity index (χ3n) is 3.34. The number of rotatable bonds is 4. The van der Waals surface area contributed by atoms with E-state index in [2.05, 4.69) is 15.6 Å². The Hall–Kier alpha value is -2.02. The molecular formula is C13H19N3O4. The van der Waals surface area contributed by atoms with Crippen molar-refractivity contribution >= 4 is 17.7 Å². The Balaban J connectivity index is 1.93. The molecule has 7 heteroatoms. The van der Waals surface area contributed by atoms with Gasteiger partial charge in [-0.3, -0.25) is 0 Å². The molecule has 1 saturated heterocycles. The molecule has 2 amide bonds. The highest BCUT2D eigenvalue weighted by Crippen LogP contribution is 2.24. The number of aryl methyl sites for hydroxylation is 1. The number of amides is 2. The summed E-state index contributed by atoms with van der Waals surface area (Å²) in [5, 5.41) is 14.3. The Morgan fingerprint density at radius 2 is 2.30 bits per heavy atom. The summed E-state index contributed by atoms with van der Waals surface area (Å²) in [6.45, 7) is 4.77. The van der Waals surface area contributed by atoms with Gasteiger partial charge in [0.2, 0.25) is 0 Å². The van der Waals surface area contributed by atoms with Gasteiger partial charge in [0.1, 0.15) is 5.69 Å². The van der Waals surface area contributed by atoms with E-state index in [0.717, 1.165) is 12.8 Å². The average Bonchev–Trinajstić information content (AvgIpc) is 2.94. The molecule has 0 saturated carbocycles. The molecule has 2 heterocycles. The summed E-state index contributed by atoms with van der Waals surface area (Å²) in [6.07, 6.45) is 1.89. The van der Waals surface area contributed by atoms with Gasteiger partial charge in [-0.25, -0.2) is 9.59 Å². The second-order valence-electron chi connectivity index (χ2n) is 5.26. The summed E-state index contributed by atoms with van der Waals surface area (Å²) in [4.78, 5) is 25.5. The van der Waals surface area contributed by atoms with Crippen molar-refractivity contribution in [1.82, 2.24) is 10.3 Å². The van der Waals surface area contributed by atoms with Gasteiger partial charge in [-0.2, -0.15) is 0 Å². The minimum Gasteiger partial charge on any atom is -0.477 e. The molecule has 1 aliphatic heterocycles. The molecule has 110 valence electrons. The van der Waals surface area contributed by atoms with Gasteiger partial charge >= 0.3 is 12.0 Å². The molecule has 7 nitrogen and oxygen atoms in total. The van der Waals surface area contributed by atoms with Crippen LogP contribution in [0.4, 0.5) is 10.5 Å². The van der Waals surface area contributed by atoms with E-state index in [1.165, 1.54) is 0 Å². The molecule has 2 rings (SSSR count). The molecule has 1 aromatic heterocycles. The predicted octanol–water partition coefficient (Wildman–Crippen LogP) is 1.71. The fraction of sp³-hybridized carbons (Fsp3) is 0.538. The minimum atomic E-state index is -1.11. The molecule has 0 aromatic carbocycles. The summed E-state index contributed by atoms with van der Waals surface area (Å²) in [6, 6.07) is 1.14. The van der Waals surface area contributed by atoms with Crippen molar-refractivity contribution in [3.63, 3.8) is 0 Å². The first-order valence-electron chi connectivity index (χ1n) is 6.51. The van der Waals surface area contributed by atoms with E-state index in [-0.39, 0.29) is 17.0 Å². The zero-order chi connectivity index (χ0) is 14.8. The lowest BCUT2D eigenvalue weighted by Gasteiger charge is -2.23. The highest BCUT2D eigenvalue weighted by atomic mass is 16.5. The van der Waals surface area contributed by atoms with Crippen molar-refractivity contribution in [3.05, 3.63) is 17.5 Å². The fourth-order valence-corrected chi connectivity index (χ4v) is 2.27. The molecule has 4 N–H and O–H groups in total. The van der Waals surface area contributed by atoms with Crippen LogP contribution in [0.5, 0.6) is 0 Å². The summed E-state index contributed by atoms with van der Waals surface area (Å²) >= 11 is 0. The number of urea groups is 1. The number of aromatic carboxylic acids is 1. The molecular weight excluding hydrogens is 262 g/mol. The van der Waals surface area contributed by atoms with Crippen molar-refractivity contribution in [3.8, 4) is 0 Å². The van der Waals surface area contributed by atoms with Gasteiger partial charge in [0, 0.05) is 18.8 Å². The minimum absolute atomic E-state index is 0.0269. The third-order valence-corrected chi connectivity index (χ3v) is 3.34. The van der Waals surface area contributed by atoms with Crippen molar-refractivity contribution in [2.45, 2.75) is 32.3 Å². The van der Waals surface area contributed by atoms with Crippen molar-refractivity contribution < 1.29 is 19.4 Å². The summed E-state index contributed by atoms with van der Waals surface area (Å²) in [5.74, 6) is -1.11. The molecule has 0 bridgehead atoms. The van der Waals surface area contributed by atoms with E-state index in [1.54, 1.807) is 13.0 Å². The Labute approximate surface area is 116 Å². The molecule has 1 aromatic rings. The van der Waals surface area contributed by atoms with E-state index < -0.39 is 12.0 Å². The lowest BCUT2D eigenvalue weighted by atomic mass is 10.0. The average molecular weight is 281 g/mol. The van der Waals surface area contributed by atoms with Crippen molar-refractivity contribution in [1.29, 1.82) is 0 Å². The molecule has 0 spiro atoms. The number of hydrogen-bond donors (Lipinski definition) is 4. The van der Waals surface area contributed by atoms with Gasteiger partial charge in [-0.1, -0.05) is 0 Å². The maximum Gasteiger partial charge on any atom is 0.354 e.